The second kappa shape index (κ2) is 6.66. The molecule has 2 atom stereocenters. The third-order valence-corrected chi connectivity index (χ3v) is 2.47. The number of hydrogen-bond acceptors (Lipinski definition) is 1. The molecule has 0 radical (unpaired) electrons. The van der Waals surface area contributed by atoms with Gasteiger partial charge in [-0.3, -0.25) is 0 Å². The van der Waals surface area contributed by atoms with E-state index in [1.54, 1.807) is 0 Å². The Kier molecular flexibility index (Phi) is 6.63. The Morgan fingerprint density at radius 1 is 1.00 bits per heavy atom. The number of aliphatic hydroxyl groups is 1. The third-order valence-electron chi connectivity index (χ3n) is 2.47. The van der Waals surface area contributed by atoms with Gasteiger partial charge in [-0.05, 0) is 18.3 Å². The zero-order valence-electron chi connectivity index (χ0n) is 8.14. The fourth-order valence-corrected chi connectivity index (χ4v) is 1.14. The molecule has 0 rings (SSSR count). The molecule has 1 N–H and O–H groups in total. The van der Waals surface area contributed by atoms with Crippen molar-refractivity contribution in [2.75, 3.05) is 6.61 Å². The molecule has 0 heterocycles. The van der Waals surface area contributed by atoms with E-state index in [-0.39, 0.29) is 0 Å². The minimum atomic E-state index is 0.349. The molecule has 0 aromatic carbocycles. The molecule has 0 aromatic heterocycles. The highest BCUT2D eigenvalue weighted by atomic mass is 16.2. The normalized spacial score (nSPS) is 16.4. The van der Waals surface area contributed by atoms with E-state index in [0.717, 1.165) is 12.3 Å². The van der Waals surface area contributed by atoms with E-state index in [1.807, 2.05) is 0 Å². The van der Waals surface area contributed by atoms with Crippen molar-refractivity contribution in [1.29, 1.82) is 0 Å². The summed E-state index contributed by atoms with van der Waals surface area (Å²) in [6, 6.07) is 0. The minimum Gasteiger partial charge on any atom is -0.396 e. The lowest BCUT2D eigenvalue weighted by atomic mass is 9.95. The molecule has 1 nitrogen and oxygen atoms in total. The Morgan fingerprint density at radius 3 is 2.00 bits per heavy atom. The van der Waals surface area contributed by atoms with Crippen molar-refractivity contribution in [1.82, 2.24) is 0 Å². The van der Waals surface area contributed by atoms with E-state index in [2.05, 4.69) is 20.8 Å². The quantitative estimate of drug-likeness (QED) is 0.630. The molecule has 1 heteroatoms. The molecular formula is C10H22O. The van der Waals surface area contributed by atoms with Crippen LogP contribution in [0.25, 0.3) is 0 Å². The molecule has 0 aliphatic carbocycles. The summed E-state index contributed by atoms with van der Waals surface area (Å²) in [5, 5.41) is 8.66. The maximum atomic E-state index is 8.66. The van der Waals surface area contributed by atoms with E-state index in [0.29, 0.717) is 12.5 Å². The number of hydrogen-bond donors (Lipinski definition) is 1. The second-order valence-corrected chi connectivity index (χ2v) is 3.71. The van der Waals surface area contributed by atoms with Crippen LogP contribution < -0.4 is 0 Å². The van der Waals surface area contributed by atoms with Crippen molar-refractivity contribution in [3.05, 3.63) is 0 Å². The van der Waals surface area contributed by atoms with Gasteiger partial charge in [0.05, 0.1) is 0 Å². The minimum absolute atomic E-state index is 0.349. The molecule has 68 valence electrons. The summed E-state index contributed by atoms with van der Waals surface area (Å²) in [5.74, 6) is 1.56. The van der Waals surface area contributed by atoms with Gasteiger partial charge in [0.25, 0.3) is 0 Å². The predicted octanol–water partition coefficient (Wildman–Crippen LogP) is 2.83. The van der Waals surface area contributed by atoms with Crippen LogP contribution in [0.4, 0.5) is 0 Å². The van der Waals surface area contributed by atoms with Gasteiger partial charge in [-0.15, -0.1) is 0 Å². The SMILES string of the molecule is CCC(C)CCC(C)CCO. The van der Waals surface area contributed by atoms with Gasteiger partial charge in [-0.2, -0.15) is 0 Å². The molecule has 2 unspecified atom stereocenters. The van der Waals surface area contributed by atoms with E-state index in [1.165, 1.54) is 19.3 Å². The van der Waals surface area contributed by atoms with Crippen LogP contribution in [-0.2, 0) is 0 Å². The number of aliphatic hydroxyl groups excluding tert-OH is 1. The van der Waals surface area contributed by atoms with Gasteiger partial charge in [0.2, 0.25) is 0 Å². The molecule has 0 spiro atoms. The molecule has 0 aliphatic rings. The highest BCUT2D eigenvalue weighted by Gasteiger charge is 2.03. The first-order valence-corrected chi connectivity index (χ1v) is 4.81. The van der Waals surface area contributed by atoms with Gasteiger partial charge in [-0.1, -0.05) is 40.0 Å². The van der Waals surface area contributed by atoms with Crippen molar-refractivity contribution in [3.63, 3.8) is 0 Å². The van der Waals surface area contributed by atoms with E-state index >= 15 is 0 Å². The summed E-state index contributed by atoms with van der Waals surface area (Å²) < 4.78 is 0. The molecule has 11 heavy (non-hydrogen) atoms. The van der Waals surface area contributed by atoms with Crippen molar-refractivity contribution < 1.29 is 5.11 Å². The van der Waals surface area contributed by atoms with Crippen LogP contribution in [0.5, 0.6) is 0 Å². The fraction of sp³-hybridized carbons (Fsp3) is 1.00. The van der Waals surface area contributed by atoms with Gasteiger partial charge in [0.15, 0.2) is 0 Å². The molecule has 0 saturated carbocycles. The first kappa shape index (κ1) is 11.0. The van der Waals surface area contributed by atoms with Crippen LogP contribution >= 0.6 is 0 Å². The molecule has 0 aliphatic heterocycles. The average molecular weight is 158 g/mol. The Morgan fingerprint density at radius 2 is 1.55 bits per heavy atom. The van der Waals surface area contributed by atoms with Crippen molar-refractivity contribution in [2.45, 2.75) is 46.5 Å². The van der Waals surface area contributed by atoms with Gasteiger partial charge in [0, 0.05) is 6.61 Å². The van der Waals surface area contributed by atoms with Gasteiger partial charge in [0.1, 0.15) is 0 Å². The fourth-order valence-electron chi connectivity index (χ4n) is 1.14. The van der Waals surface area contributed by atoms with Crippen LogP contribution in [0.3, 0.4) is 0 Å². The van der Waals surface area contributed by atoms with E-state index < -0.39 is 0 Å². The summed E-state index contributed by atoms with van der Waals surface area (Å²) in [5.41, 5.74) is 0. The first-order valence-electron chi connectivity index (χ1n) is 4.81. The highest BCUT2D eigenvalue weighted by Crippen LogP contribution is 2.16. The summed E-state index contributed by atoms with van der Waals surface area (Å²) in [6.07, 6.45) is 4.84. The Hall–Kier alpha value is -0.0400. The Labute approximate surface area is 70.8 Å². The maximum Gasteiger partial charge on any atom is 0.0433 e. The molecule has 0 amide bonds. The molecule has 0 bridgehead atoms. The van der Waals surface area contributed by atoms with Gasteiger partial charge < -0.3 is 5.11 Å². The van der Waals surface area contributed by atoms with Crippen LogP contribution in [0.2, 0.25) is 0 Å². The topological polar surface area (TPSA) is 20.2 Å². The lowest BCUT2D eigenvalue weighted by Gasteiger charge is -2.12. The molecule has 0 saturated heterocycles. The van der Waals surface area contributed by atoms with Crippen LogP contribution in [0.15, 0.2) is 0 Å². The summed E-state index contributed by atoms with van der Waals surface area (Å²) in [7, 11) is 0. The van der Waals surface area contributed by atoms with Crippen molar-refractivity contribution >= 4 is 0 Å². The standard InChI is InChI=1S/C10H22O/c1-4-9(2)5-6-10(3)7-8-11/h9-11H,4-8H2,1-3H3. The zero-order valence-corrected chi connectivity index (χ0v) is 8.14. The molecule has 0 aromatic rings. The van der Waals surface area contributed by atoms with E-state index in [9.17, 15) is 0 Å². The smallest absolute Gasteiger partial charge is 0.0433 e. The lowest BCUT2D eigenvalue weighted by molar-refractivity contribution is 0.253. The van der Waals surface area contributed by atoms with Crippen LogP contribution in [-0.4, -0.2) is 11.7 Å². The van der Waals surface area contributed by atoms with Crippen molar-refractivity contribution in [2.24, 2.45) is 11.8 Å². The monoisotopic (exact) mass is 158 g/mol. The average Bonchev–Trinajstić information content (AvgIpc) is 2.01. The third kappa shape index (κ3) is 6.36. The van der Waals surface area contributed by atoms with Crippen molar-refractivity contribution in [3.8, 4) is 0 Å². The summed E-state index contributed by atoms with van der Waals surface area (Å²) in [4.78, 5) is 0. The van der Waals surface area contributed by atoms with E-state index in [4.69, 9.17) is 5.11 Å². The predicted molar refractivity (Wildman–Crippen MR) is 49.6 cm³/mol. The summed E-state index contributed by atoms with van der Waals surface area (Å²) >= 11 is 0. The number of rotatable bonds is 6. The maximum absolute atomic E-state index is 8.66. The largest absolute Gasteiger partial charge is 0.396 e. The Bertz CT molecular complexity index is 80.9. The van der Waals surface area contributed by atoms with Crippen LogP contribution in [0.1, 0.15) is 46.5 Å². The second-order valence-electron chi connectivity index (χ2n) is 3.71. The van der Waals surface area contributed by atoms with Gasteiger partial charge in [-0.25, -0.2) is 0 Å². The Balaban J connectivity index is 3.22. The highest BCUT2D eigenvalue weighted by molar-refractivity contribution is 4.56. The van der Waals surface area contributed by atoms with Gasteiger partial charge >= 0.3 is 0 Å². The summed E-state index contributed by atoms with van der Waals surface area (Å²) in [6.45, 7) is 7.10. The van der Waals surface area contributed by atoms with Crippen LogP contribution in [0, 0.1) is 11.8 Å². The first-order chi connectivity index (χ1) is 5.20. The zero-order chi connectivity index (χ0) is 8.69. The molecular weight excluding hydrogens is 136 g/mol. The lowest BCUT2D eigenvalue weighted by Crippen LogP contribution is -2.01. The molecule has 0 fully saturated rings.